The highest BCUT2D eigenvalue weighted by Crippen LogP contribution is 2.26. The summed E-state index contributed by atoms with van der Waals surface area (Å²) in [6, 6.07) is 0.270. The molecule has 1 aromatic heterocycles. The zero-order chi connectivity index (χ0) is 12.8. The molecule has 0 radical (unpaired) electrons. The first-order valence-corrected chi connectivity index (χ1v) is 6.83. The number of hydrogen-bond acceptors (Lipinski definition) is 3. The molecule has 0 saturated carbocycles. The molecule has 98 valence electrons. The Morgan fingerprint density at radius 3 is 2.76 bits per heavy atom. The molecule has 17 heavy (non-hydrogen) atoms. The highest BCUT2D eigenvalue weighted by atomic mass is 79.9. The van der Waals surface area contributed by atoms with Crippen LogP contribution in [0.4, 0.5) is 0 Å². The Morgan fingerprint density at radius 2 is 2.29 bits per heavy atom. The number of aryl methyl sites for hydroxylation is 1. The molecule has 0 aliphatic rings. The summed E-state index contributed by atoms with van der Waals surface area (Å²) in [5.74, 6) is 0. The molecule has 0 aliphatic heterocycles. The Balaban J connectivity index is 2.81. The van der Waals surface area contributed by atoms with E-state index < -0.39 is 0 Å². The Kier molecular flexibility index (Phi) is 6.16. The molecule has 0 amide bonds. The molecule has 1 rings (SSSR count). The number of nitrogens with zero attached hydrogens (tertiary/aromatic N) is 2. The highest BCUT2D eigenvalue weighted by molar-refractivity contribution is 9.10. The maximum Gasteiger partial charge on any atom is 0.0693 e. The molecular weight excluding hydrogens is 282 g/mol. The van der Waals surface area contributed by atoms with Gasteiger partial charge in [-0.3, -0.25) is 4.68 Å². The van der Waals surface area contributed by atoms with Crippen molar-refractivity contribution in [2.75, 3.05) is 13.7 Å². The van der Waals surface area contributed by atoms with E-state index in [1.807, 2.05) is 17.9 Å². The fraction of sp³-hybridized carbons (Fsp3) is 0.750. The second-order valence-corrected chi connectivity index (χ2v) is 5.14. The van der Waals surface area contributed by atoms with Gasteiger partial charge in [0, 0.05) is 14.2 Å². The predicted molar refractivity (Wildman–Crippen MR) is 73.0 cm³/mol. The smallest absolute Gasteiger partial charge is 0.0693 e. The van der Waals surface area contributed by atoms with E-state index in [1.165, 1.54) is 5.69 Å². The van der Waals surface area contributed by atoms with Crippen LogP contribution in [0.2, 0.25) is 0 Å². The second kappa shape index (κ2) is 7.13. The fourth-order valence-corrected chi connectivity index (χ4v) is 2.48. The molecule has 0 aliphatic carbocycles. The van der Waals surface area contributed by atoms with Crippen LogP contribution in [0.3, 0.4) is 0 Å². The van der Waals surface area contributed by atoms with Crippen molar-refractivity contribution in [1.82, 2.24) is 15.1 Å². The number of halogens is 1. The number of ether oxygens (including phenoxy) is 1. The minimum atomic E-state index is 0.228. The topological polar surface area (TPSA) is 39.1 Å². The Morgan fingerprint density at radius 1 is 1.59 bits per heavy atom. The summed E-state index contributed by atoms with van der Waals surface area (Å²) in [4.78, 5) is 0. The van der Waals surface area contributed by atoms with Crippen molar-refractivity contribution < 1.29 is 4.74 Å². The van der Waals surface area contributed by atoms with Gasteiger partial charge >= 0.3 is 0 Å². The van der Waals surface area contributed by atoms with E-state index in [-0.39, 0.29) is 12.1 Å². The molecule has 0 saturated heterocycles. The molecule has 0 fully saturated rings. The van der Waals surface area contributed by atoms with Gasteiger partial charge in [0.15, 0.2) is 0 Å². The quantitative estimate of drug-likeness (QED) is 0.842. The van der Waals surface area contributed by atoms with Crippen LogP contribution in [-0.4, -0.2) is 29.5 Å². The first kappa shape index (κ1) is 14.7. The van der Waals surface area contributed by atoms with Crippen molar-refractivity contribution >= 4 is 15.9 Å². The van der Waals surface area contributed by atoms with Crippen LogP contribution in [0, 0.1) is 0 Å². The maximum absolute atomic E-state index is 5.35. The average Bonchev–Trinajstić information content (AvgIpc) is 2.64. The average molecular weight is 304 g/mol. The van der Waals surface area contributed by atoms with Crippen molar-refractivity contribution in [2.45, 2.75) is 38.8 Å². The van der Waals surface area contributed by atoms with Crippen molar-refractivity contribution in [1.29, 1.82) is 0 Å². The van der Waals surface area contributed by atoms with E-state index >= 15 is 0 Å². The molecule has 2 unspecified atom stereocenters. The lowest BCUT2D eigenvalue weighted by molar-refractivity contribution is 0.0993. The van der Waals surface area contributed by atoms with Crippen molar-refractivity contribution in [2.24, 2.45) is 7.05 Å². The predicted octanol–water partition coefficient (Wildman–Crippen LogP) is 2.65. The van der Waals surface area contributed by atoms with Gasteiger partial charge in [0.05, 0.1) is 28.5 Å². The molecule has 4 nitrogen and oxygen atoms in total. The minimum Gasteiger partial charge on any atom is -0.382 e. The summed E-state index contributed by atoms with van der Waals surface area (Å²) in [6.45, 7) is 5.26. The largest absolute Gasteiger partial charge is 0.382 e. The third-order valence-corrected chi connectivity index (χ3v) is 3.49. The number of rotatable bonds is 7. The second-order valence-electron chi connectivity index (χ2n) is 4.29. The van der Waals surface area contributed by atoms with Crippen LogP contribution in [0.25, 0.3) is 0 Å². The van der Waals surface area contributed by atoms with Gasteiger partial charge in [-0.25, -0.2) is 0 Å². The van der Waals surface area contributed by atoms with Gasteiger partial charge in [-0.1, -0.05) is 6.92 Å². The lowest BCUT2D eigenvalue weighted by Gasteiger charge is -2.22. The van der Waals surface area contributed by atoms with Crippen LogP contribution in [0.1, 0.15) is 38.4 Å². The first-order valence-electron chi connectivity index (χ1n) is 6.03. The molecule has 1 aromatic rings. The van der Waals surface area contributed by atoms with Crippen molar-refractivity contribution in [3.8, 4) is 0 Å². The molecule has 0 bridgehead atoms. The van der Waals surface area contributed by atoms with Gasteiger partial charge in [0.2, 0.25) is 0 Å². The van der Waals surface area contributed by atoms with Gasteiger partial charge in [-0.05, 0) is 42.2 Å². The van der Waals surface area contributed by atoms with Crippen LogP contribution in [0.5, 0.6) is 0 Å². The molecule has 1 heterocycles. The van der Waals surface area contributed by atoms with E-state index in [0.29, 0.717) is 0 Å². The zero-order valence-corrected chi connectivity index (χ0v) is 12.6. The van der Waals surface area contributed by atoms with Gasteiger partial charge in [0.25, 0.3) is 0 Å². The van der Waals surface area contributed by atoms with Crippen LogP contribution in [-0.2, 0) is 11.8 Å². The fourth-order valence-electron chi connectivity index (χ4n) is 1.85. The summed E-state index contributed by atoms with van der Waals surface area (Å²) in [5.41, 5.74) is 1.18. The summed E-state index contributed by atoms with van der Waals surface area (Å²) >= 11 is 3.56. The summed E-state index contributed by atoms with van der Waals surface area (Å²) in [6.07, 6.45) is 4.13. The highest BCUT2D eigenvalue weighted by Gasteiger charge is 2.20. The van der Waals surface area contributed by atoms with Gasteiger partial charge in [-0.2, -0.15) is 5.10 Å². The molecule has 1 N–H and O–H groups in total. The maximum atomic E-state index is 5.35. The summed E-state index contributed by atoms with van der Waals surface area (Å²) < 4.78 is 8.32. The number of hydrogen-bond donors (Lipinski definition) is 1. The third-order valence-electron chi connectivity index (χ3n) is 2.88. The minimum absolute atomic E-state index is 0.228. The molecule has 0 aromatic carbocycles. The van der Waals surface area contributed by atoms with Crippen molar-refractivity contribution in [3.63, 3.8) is 0 Å². The molecule has 0 spiro atoms. The lowest BCUT2D eigenvalue weighted by Crippen LogP contribution is -2.28. The third kappa shape index (κ3) is 4.08. The monoisotopic (exact) mass is 303 g/mol. The standard InChI is InChI=1S/C12H22BrN3O/c1-5-6-14-11(7-9(2)17-4)12-10(13)8-15-16(12)3/h8-9,11,14H,5-7H2,1-4H3. The molecular formula is C12H22BrN3O. The summed E-state index contributed by atoms with van der Waals surface area (Å²) in [7, 11) is 3.72. The van der Waals surface area contributed by atoms with Crippen LogP contribution >= 0.6 is 15.9 Å². The van der Waals surface area contributed by atoms with E-state index in [9.17, 15) is 0 Å². The molecule has 2 atom stereocenters. The SMILES string of the molecule is CCCNC(CC(C)OC)c1c(Br)cnn1C. The number of aromatic nitrogens is 2. The van der Waals surface area contributed by atoms with Crippen LogP contribution < -0.4 is 5.32 Å². The van der Waals surface area contributed by atoms with Crippen molar-refractivity contribution in [3.05, 3.63) is 16.4 Å². The van der Waals surface area contributed by atoms with Gasteiger partial charge in [-0.15, -0.1) is 0 Å². The summed E-state index contributed by atoms with van der Waals surface area (Å²) in [5, 5.41) is 7.82. The first-order chi connectivity index (χ1) is 8.10. The van der Waals surface area contributed by atoms with E-state index in [4.69, 9.17) is 4.74 Å². The Hall–Kier alpha value is -0.390. The van der Waals surface area contributed by atoms with Gasteiger partial charge in [0.1, 0.15) is 0 Å². The Bertz CT molecular complexity index is 321. The number of nitrogens with one attached hydrogen (secondary N) is 1. The van der Waals surface area contributed by atoms with Gasteiger partial charge < -0.3 is 10.1 Å². The lowest BCUT2D eigenvalue weighted by atomic mass is 10.1. The van der Waals surface area contributed by atoms with E-state index in [1.54, 1.807) is 7.11 Å². The van der Waals surface area contributed by atoms with Crippen LogP contribution in [0.15, 0.2) is 10.7 Å². The molecule has 5 heteroatoms. The van der Waals surface area contributed by atoms with E-state index in [2.05, 4.69) is 40.2 Å². The normalized spacial score (nSPS) is 14.9. The zero-order valence-electron chi connectivity index (χ0n) is 11.0. The number of methoxy groups -OCH3 is 1. The van der Waals surface area contributed by atoms with E-state index in [0.717, 1.165) is 23.9 Å². The Labute approximate surface area is 112 Å².